The third-order valence-corrected chi connectivity index (χ3v) is 2.72. The SMILES string of the molecule is CN(C)CC(O)CNc1cc(F)c(Br)cc1F. The lowest BCUT2D eigenvalue weighted by molar-refractivity contribution is 0.148. The van der Waals surface area contributed by atoms with E-state index in [0.29, 0.717) is 6.54 Å². The van der Waals surface area contributed by atoms with Crippen LogP contribution >= 0.6 is 15.9 Å². The molecule has 0 radical (unpaired) electrons. The zero-order valence-corrected chi connectivity index (χ0v) is 11.3. The summed E-state index contributed by atoms with van der Waals surface area (Å²) in [5.41, 5.74) is 0.0449. The maximum Gasteiger partial charge on any atom is 0.147 e. The Morgan fingerprint density at radius 3 is 2.59 bits per heavy atom. The second-order valence-corrected chi connectivity index (χ2v) is 4.90. The molecule has 1 aromatic rings. The van der Waals surface area contributed by atoms with Gasteiger partial charge in [0.2, 0.25) is 0 Å². The number of nitrogens with one attached hydrogen (secondary N) is 1. The van der Waals surface area contributed by atoms with Crippen LogP contribution in [0.3, 0.4) is 0 Å². The van der Waals surface area contributed by atoms with Crippen LogP contribution in [0.1, 0.15) is 0 Å². The van der Waals surface area contributed by atoms with Crippen molar-refractivity contribution in [2.45, 2.75) is 6.10 Å². The fourth-order valence-electron chi connectivity index (χ4n) is 1.37. The zero-order valence-electron chi connectivity index (χ0n) is 9.67. The number of benzene rings is 1. The number of likely N-dealkylation sites (N-methyl/N-ethyl adjacent to an activating group) is 1. The molecule has 17 heavy (non-hydrogen) atoms. The fourth-order valence-corrected chi connectivity index (χ4v) is 1.69. The number of hydrogen-bond acceptors (Lipinski definition) is 3. The third kappa shape index (κ3) is 4.57. The van der Waals surface area contributed by atoms with Crippen molar-refractivity contribution in [2.75, 3.05) is 32.5 Å². The molecule has 0 aliphatic heterocycles. The van der Waals surface area contributed by atoms with Crippen molar-refractivity contribution >= 4 is 21.6 Å². The Kier molecular flexibility index (Phi) is 5.30. The van der Waals surface area contributed by atoms with Crippen LogP contribution in [-0.4, -0.2) is 43.3 Å². The van der Waals surface area contributed by atoms with Gasteiger partial charge in [-0.3, -0.25) is 0 Å². The van der Waals surface area contributed by atoms with Crippen molar-refractivity contribution in [1.82, 2.24) is 4.90 Å². The van der Waals surface area contributed by atoms with Gasteiger partial charge in [0.1, 0.15) is 11.6 Å². The molecular weight excluding hydrogens is 294 g/mol. The molecule has 0 saturated heterocycles. The Hall–Kier alpha value is -0.720. The van der Waals surface area contributed by atoms with Gasteiger partial charge < -0.3 is 15.3 Å². The quantitative estimate of drug-likeness (QED) is 0.817. The predicted molar refractivity (Wildman–Crippen MR) is 67.1 cm³/mol. The van der Waals surface area contributed by atoms with Gasteiger partial charge in [-0.1, -0.05) is 0 Å². The van der Waals surface area contributed by atoms with E-state index in [-0.39, 0.29) is 16.7 Å². The molecule has 6 heteroatoms. The number of halogens is 3. The molecule has 1 rings (SSSR count). The molecule has 0 aromatic heterocycles. The Labute approximate surface area is 108 Å². The lowest BCUT2D eigenvalue weighted by Crippen LogP contribution is -2.31. The van der Waals surface area contributed by atoms with Crippen molar-refractivity contribution in [3.05, 3.63) is 28.2 Å². The minimum Gasteiger partial charge on any atom is -0.390 e. The lowest BCUT2D eigenvalue weighted by atomic mass is 10.2. The Balaban J connectivity index is 2.60. The van der Waals surface area contributed by atoms with Crippen LogP contribution < -0.4 is 5.32 Å². The first kappa shape index (κ1) is 14.3. The van der Waals surface area contributed by atoms with Gasteiger partial charge in [0.25, 0.3) is 0 Å². The van der Waals surface area contributed by atoms with Crippen molar-refractivity contribution in [2.24, 2.45) is 0 Å². The van der Waals surface area contributed by atoms with Crippen molar-refractivity contribution in [3.8, 4) is 0 Å². The molecule has 0 amide bonds. The normalized spacial score (nSPS) is 12.9. The van der Waals surface area contributed by atoms with Crippen LogP contribution in [0, 0.1) is 11.6 Å². The molecule has 0 fully saturated rings. The Morgan fingerprint density at radius 2 is 2.00 bits per heavy atom. The molecule has 1 aromatic carbocycles. The van der Waals surface area contributed by atoms with E-state index in [9.17, 15) is 13.9 Å². The standard InChI is InChI=1S/C11H15BrF2N2O/c1-16(2)6-7(17)5-15-11-4-9(13)8(12)3-10(11)14/h3-4,7,15,17H,5-6H2,1-2H3. The second-order valence-electron chi connectivity index (χ2n) is 4.04. The summed E-state index contributed by atoms with van der Waals surface area (Å²) in [6, 6.07) is 2.11. The first-order chi connectivity index (χ1) is 7.90. The molecule has 3 nitrogen and oxygen atoms in total. The molecular formula is C11H15BrF2N2O. The number of aliphatic hydroxyl groups is 1. The molecule has 0 heterocycles. The fraction of sp³-hybridized carbons (Fsp3) is 0.455. The minimum atomic E-state index is -0.642. The summed E-state index contributed by atoms with van der Waals surface area (Å²) in [4.78, 5) is 1.81. The van der Waals surface area contributed by atoms with E-state index in [0.717, 1.165) is 12.1 Å². The molecule has 0 bridgehead atoms. The summed E-state index contributed by atoms with van der Waals surface area (Å²) in [6.45, 7) is 0.615. The third-order valence-electron chi connectivity index (χ3n) is 2.11. The van der Waals surface area contributed by atoms with E-state index in [4.69, 9.17) is 0 Å². The van der Waals surface area contributed by atoms with Crippen LogP contribution in [0.2, 0.25) is 0 Å². The van der Waals surface area contributed by atoms with Gasteiger partial charge in [-0.05, 0) is 36.1 Å². The second kappa shape index (κ2) is 6.28. The summed E-state index contributed by atoms with van der Waals surface area (Å²) in [5.74, 6) is -1.11. The van der Waals surface area contributed by atoms with Gasteiger partial charge >= 0.3 is 0 Å². The first-order valence-electron chi connectivity index (χ1n) is 5.11. The van der Waals surface area contributed by atoms with Crippen molar-refractivity contribution < 1.29 is 13.9 Å². The summed E-state index contributed by atoms with van der Waals surface area (Å²) in [6.07, 6.45) is -0.642. The van der Waals surface area contributed by atoms with Crippen LogP contribution in [0.5, 0.6) is 0 Å². The van der Waals surface area contributed by atoms with Gasteiger partial charge in [0, 0.05) is 19.2 Å². The Morgan fingerprint density at radius 1 is 1.35 bits per heavy atom. The molecule has 1 unspecified atom stereocenters. The van der Waals surface area contributed by atoms with E-state index in [2.05, 4.69) is 21.2 Å². The molecule has 0 aliphatic carbocycles. The predicted octanol–water partition coefficient (Wildman–Crippen LogP) is 2.06. The highest BCUT2D eigenvalue weighted by Crippen LogP contribution is 2.23. The number of anilines is 1. The van der Waals surface area contributed by atoms with Gasteiger partial charge in [-0.2, -0.15) is 0 Å². The number of hydrogen-bond donors (Lipinski definition) is 2. The maximum atomic E-state index is 13.4. The van der Waals surface area contributed by atoms with E-state index in [1.54, 1.807) is 0 Å². The van der Waals surface area contributed by atoms with E-state index in [1.807, 2.05) is 19.0 Å². The highest BCUT2D eigenvalue weighted by Gasteiger charge is 2.10. The number of nitrogens with zero attached hydrogens (tertiary/aromatic N) is 1. The highest BCUT2D eigenvalue weighted by molar-refractivity contribution is 9.10. The number of rotatable bonds is 5. The summed E-state index contributed by atoms with van der Waals surface area (Å²) in [5, 5.41) is 12.2. The summed E-state index contributed by atoms with van der Waals surface area (Å²) < 4.78 is 26.6. The average molecular weight is 309 g/mol. The van der Waals surface area contributed by atoms with Gasteiger partial charge in [-0.25, -0.2) is 8.78 Å². The molecule has 0 aliphatic rings. The monoisotopic (exact) mass is 308 g/mol. The van der Waals surface area contributed by atoms with Crippen LogP contribution in [0.25, 0.3) is 0 Å². The van der Waals surface area contributed by atoms with Crippen LogP contribution in [-0.2, 0) is 0 Å². The molecule has 2 N–H and O–H groups in total. The van der Waals surface area contributed by atoms with Crippen LogP contribution in [0.4, 0.5) is 14.5 Å². The molecule has 0 spiro atoms. The van der Waals surface area contributed by atoms with Gasteiger partial charge in [-0.15, -0.1) is 0 Å². The first-order valence-corrected chi connectivity index (χ1v) is 5.90. The maximum absolute atomic E-state index is 13.4. The molecule has 0 saturated carbocycles. The summed E-state index contributed by atoms with van der Waals surface area (Å²) >= 11 is 2.89. The smallest absolute Gasteiger partial charge is 0.147 e. The van der Waals surface area contributed by atoms with Crippen molar-refractivity contribution in [1.29, 1.82) is 0 Å². The lowest BCUT2D eigenvalue weighted by Gasteiger charge is -2.17. The summed E-state index contributed by atoms with van der Waals surface area (Å²) in [7, 11) is 3.65. The van der Waals surface area contributed by atoms with E-state index >= 15 is 0 Å². The zero-order chi connectivity index (χ0) is 13.0. The Bertz CT molecular complexity index is 388. The average Bonchev–Trinajstić information content (AvgIpc) is 2.20. The van der Waals surface area contributed by atoms with Gasteiger partial charge in [0.15, 0.2) is 0 Å². The topological polar surface area (TPSA) is 35.5 Å². The van der Waals surface area contributed by atoms with E-state index < -0.39 is 17.7 Å². The van der Waals surface area contributed by atoms with Crippen LogP contribution in [0.15, 0.2) is 16.6 Å². The van der Waals surface area contributed by atoms with E-state index in [1.165, 1.54) is 0 Å². The highest BCUT2D eigenvalue weighted by atomic mass is 79.9. The minimum absolute atomic E-state index is 0.0449. The molecule has 1 atom stereocenters. The van der Waals surface area contributed by atoms with Gasteiger partial charge in [0.05, 0.1) is 16.3 Å². The molecule has 96 valence electrons. The van der Waals surface area contributed by atoms with Crippen molar-refractivity contribution in [3.63, 3.8) is 0 Å². The number of aliphatic hydroxyl groups excluding tert-OH is 1. The largest absolute Gasteiger partial charge is 0.390 e.